The number of piperidine rings is 1. The zero-order valence-corrected chi connectivity index (χ0v) is 35.8. The van der Waals surface area contributed by atoms with E-state index in [-0.39, 0.29) is 18.0 Å². The third-order valence-corrected chi connectivity index (χ3v) is 13.4. The zero-order valence-electron chi connectivity index (χ0n) is 35.8. The van der Waals surface area contributed by atoms with Gasteiger partial charge in [-0.3, -0.25) is 14.8 Å². The van der Waals surface area contributed by atoms with Gasteiger partial charge < -0.3 is 4.90 Å². The van der Waals surface area contributed by atoms with Crippen molar-refractivity contribution in [2.45, 2.75) is 139 Å². The topological polar surface area (TPSA) is 45.6 Å². The molecule has 3 fully saturated rings. The number of hydrogen-bond acceptors (Lipinski definition) is 4. The number of ketones is 1. The number of Topliss-reactive ketones (excluding diaryl/α,β-unsaturated/α-hetero) is 1. The van der Waals surface area contributed by atoms with E-state index in [0.717, 1.165) is 69.4 Å². The first-order valence-corrected chi connectivity index (χ1v) is 21.6. The highest BCUT2D eigenvalue weighted by atomic mass is 19.1. The van der Waals surface area contributed by atoms with Crippen LogP contribution in [0.15, 0.2) is 83.3 Å². The number of alkyl halides is 1. The number of pyridine rings is 1. The lowest BCUT2D eigenvalue weighted by Gasteiger charge is -2.58. The van der Waals surface area contributed by atoms with Gasteiger partial charge in [0.05, 0.1) is 0 Å². The lowest BCUT2D eigenvalue weighted by Crippen LogP contribution is -2.49. The van der Waals surface area contributed by atoms with E-state index < -0.39 is 0 Å². The van der Waals surface area contributed by atoms with Gasteiger partial charge in [-0.2, -0.15) is 0 Å². The van der Waals surface area contributed by atoms with E-state index in [1.807, 2.05) is 39.4 Å². The summed E-state index contributed by atoms with van der Waals surface area (Å²) in [4.78, 5) is 23.9. The van der Waals surface area contributed by atoms with Gasteiger partial charge in [0.1, 0.15) is 12.5 Å². The maximum atomic E-state index is 13.2. The Kier molecular flexibility index (Phi) is 19.0. The maximum absolute atomic E-state index is 13.2. The van der Waals surface area contributed by atoms with Crippen molar-refractivity contribution in [1.82, 2.24) is 9.88 Å². The summed E-state index contributed by atoms with van der Waals surface area (Å²) >= 11 is 0. The molecule has 2 heterocycles. The molecule has 0 amide bonds. The predicted molar refractivity (Wildman–Crippen MR) is 231 cm³/mol. The van der Waals surface area contributed by atoms with Gasteiger partial charge in [-0.1, -0.05) is 83.1 Å². The van der Waals surface area contributed by atoms with Crippen molar-refractivity contribution in [2.24, 2.45) is 45.4 Å². The Morgan fingerprint density at radius 3 is 2.33 bits per heavy atom. The van der Waals surface area contributed by atoms with Crippen LogP contribution in [0.5, 0.6) is 0 Å². The molecular weight excluding hydrogens is 666 g/mol. The molecule has 5 aliphatic rings. The molecule has 1 aromatic rings. The Hall–Kier alpha value is -2.92. The molecule has 0 radical (unpaired) electrons. The fourth-order valence-electron chi connectivity index (χ4n) is 10.3. The van der Waals surface area contributed by atoms with Crippen molar-refractivity contribution in [3.63, 3.8) is 0 Å². The normalized spacial score (nSPS) is 29.7. The van der Waals surface area contributed by atoms with Gasteiger partial charge in [-0.15, -0.1) is 6.58 Å². The third kappa shape index (κ3) is 11.3. The van der Waals surface area contributed by atoms with E-state index in [2.05, 4.69) is 99.6 Å². The van der Waals surface area contributed by atoms with Crippen molar-refractivity contribution in [3.05, 3.63) is 83.9 Å². The van der Waals surface area contributed by atoms with Crippen LogP contribution < -0.4 is 0 Å². The molecule has 300 valence electrons. The van der Waals surface area contributed by atoms with Crippen molar-refractivity contribution in [3.8, 4) is 0 Å². The molecule has 4 nitrogen and oxygen atoms in total. The minimum Gasteiger partial charge on any atom is -0.301 e. The summed E-state index contributed by atoms with van der Waals surface area (Å²) in [5.41, 5.74) is 7.71. The second-order valence-electron chi connectivity index (χ2n) is 16.7. The molecule has 0 aromatic carbocycles. The molecule has 4 aliphatic carbocycles. The molecule has 6 rings (SSSR count). The Labute approximate surface area is 330 Å². The van der Waals surface area contributed by atoms with Crippen LogP contribution in [0.3, 0.4) is 0 Å². The molecule has 0 spiro atoms. The number of fused-ring (bicyclic) bond motifs is 5. The minimum absolute atomic E-state index is 0.203. The number of halogens is 1. The highest BCUT2D eigenvalue weighted by Gasteiger charge is 2.56. The van der Waals surface area contributed by atoms with Crippen LogP contribution in [-0.2, 0) is 4.79 Å². The maximum Gasteiger partial charge on any atom is 0.136 e. The largest absolute Gasteiger partial charge is 0.301 e. The molecule has 0 N–H and O–H groups in total. The van der Waals surface area contributed by atoms with Crippen LogP contribution in [0.1, 0.15) is 145 Å². The average molecular weight is 742 g/mol. The third-order valence-electron chi connectivity index (χ3n) is 13.4. The standard InChI is InChI=1S/C33H45FN2O.C11H19N.C3H6.C2H6/c1-32-13-9-23(21-31(37)24-11-17-36(18-12-24)19-15-34)20-26(32)5-6-27-29-8-7-28(25-4-3-16-35-22-25)33(29,2)14-10-30(27)32;1-5-7-10(3)11(4)9-12-8-6-2;1-3-2;1-2/h3-5,7,16,22-24,27,29-30H,6,8-15,17-21H2,1-2H3;7-9H,5-6H2,1-4H3;3H,1H2,2H3;1-2H3/b;10-7+,11-9+,12-8?;;/t23?,27?,29?,30-,32?,33?;;;/m0.../s1. The Balaban J connectivity index is 0.000000391. The highest BCUT2D eigenvalue weighted by Crippen LogP contribution is 2.66. The zero-order chi connectivity index (χ0) is 39.7. The quantitative estimate of drug-likeness (QED) is 0.136. The monoisotopic (exact) mass is 742 g/mol. The number of carbonyl (C=O) groups is 1. The fraction of sp³-hybridized carbons (Fsp3) is 0.653. The van der Waals surface area contributed by atoms with Crippen LogP contribution >= 0.6 is 0 Å². The molecular formula is C49H76FN3O. The second kappa shape index (κ2) is 22.6. The van der Waals surface area contributed by atoms with Crippen molar-refractivity contribution < 1.29 is 9.18 Å². The number of rotatable bonds is 10. The van der Waals surface area contributed by atoms with Gasteiger partial charge in [0.2, 0.25) is 0 Å². The summed E-state index contributed by atoms with van der Waals surface area (Å²) in [6.45, 7) is 24.8. The molecule has 2 saturated carbocycles. The average Bonchev–Trinajstić information content (AvgIpc) is 3.54. The van der Waals surface area contributed by atoms with Crippen LogP contribution in [0.25, 0.3) is 5.57 Å². The molecule has 5 heteroatoms. The number of carbonyl (C=O) groups excluding carboxylic acids is 1. The van der Waals surface area contributed by atoms with Gasteiger partial charge >= 0.3 is 0 Å². The summed E-state index contributed by atoms with van der Waals surface area (Å²) in [6, 6.07) is 4.32. The van der Waals surface area contributed by atoms with Crippen LogP contribution in [0.2, 0.25) is 0 Å². The van der Waals surface area contributed by atoms with Gasteiger partial charge in [-0.25, -0.2) is 4.39 Å². The lowest BCUT2D eigenvalue weighted by atomic mass is 9.46. The number of hydrogen-bond donors (Lipinski definition) is 0. The highest BCUT2D eigenvalue weighted by molar-refractivity contribution is 5.81. The molecule has 0 bridgehead atoms. The molecule has 5 unspecified atom stereocenters. The van der Waals surface area contributed by atoms with E-state index in [9.17, 15) is 9.18 Å². The van der Waals surface area contributed by atoms with Gasteiger partial charge in [-0.05, 0) is 162 Å². The number of aliphatic imine (C=N–C) groups is 1. The summed E-state index contributed by atoms with van der Waals surface area (Å²) in [7, 11) is 0. The van der Waals surface area contributed by atoms with E-state index >= 15 is 0 Å². The molecule has 6 atom stereocenters. The number of likely N-dealkylation sites (tertiary alicyclic amines) is 1. The minimum atomic E-state index is -0.279. The molecule has 54 heavy (non-hydrogen) atoms. The fourth-order valence-corrected chi connectivity index (χ4v) is 10.3. The first-order valence-electron chi connectivity index (χ1n) is 21.6. The van der Waals surface area contributed by atoms with E-state index in [0.29, 0.717) is 23.7 Å². The Morgan fingerprint density at radius 1 is 1.00 bits per heavy atom. The number of nitrogens with zero attached hydrogens (tertiary/aromatic N) is 3. The predicted octanol–water partition coefficient (Wildman–Crippen LogP) is 13.2. The van der Waals surface area contributed by atoms with Crippen LogP contribution in [0, 0.1) is 40.4 Å². The van der Waals surface area contributed by atoms with Crippen molar-refractivity contribution >= 4 is 17.6 Å². The summed E-state index contributed by atoms with van der Waals surface area (Å²) in [6.07, 6.45) is 30.2. The van der Waals surface area contributed by atoms with Crippen LogP contribution in [0.4, 0.5) is 4.39 Å². The smallest absolute Gasteiger partial charge is 0.136 e. The number of allylic oxidation sites excluding steroid dienone is 8. The summed E-state index contributed by atoms with van der Waals surface area (Å²) in [5.74, 6) is 3.49. The second-order valence-corrected chi connectivity index (χ2v) is 16.7. The van der Waals surface area contributed by atoms with Crippen molar-refractivity contribution in [1.29, 1.82) is 0 Å². The van der Waals surface area contributed by atoms with Crippen molar-refractivity contribution in [2.75, 3.05) is 26.3 Å². The molecule has 1 aromatic heterocycles. The lowest BCUT2D eigenvalue weighted by molar-refractivity contribution is -0.125. The first-order chi connectivity index (χ1) is 26.1. The first kappa shape index (κ1) is 45.5. The summed E-state index contributed by atoms with van der Waals surface area (Å²) in [5, 5.41) is 0. The van der Waals surface area contributed by atoms with Gasteiger partial charge in [0.25, 0.3) is 0 Å². The number of aromatic nitrogens is 1. The van der Waals surface area contributed by atoms with E-state index in [4.69, 9.17) is 0 Å². The molecule has 1 saturated heterocycles. The Bertz CT molecular complexity index is 1460. The van der Waals surface area contributed by atoms with Gasteiger partial charge in [0, 0.05) is 43.7 Å². The van der Waals surface area contributed by atoms with Crippen LogP contribution in [-0.4, -0.2) is 48.2 Å². The Morgan fingerprint density at radius 2 is 1.70 bits per heavy atom. The van der Waals surface area contributed by atoms with E-state index in [1.165, 1.54) is 55.2 Å². The summed E-state index contributed by atoms with van der Waals surface area (Å²) < 4.78 is 12.7. The SMILES string of the molecule is C=CC.CC.CC12CC[C@H]3C(CC=C4CC(CC(=O)C5CCN(CCF)CC5)CCC43C)C1CC=C2c1cccnc1.CCC=N/C=C(C)/C(C)=C/CC. The van der Waals surface area contributed by atoms with Gasteiger partial charge in [0.15, 0.2) is 0 Å². The van der Waals surface area contributed by atoms with E-state index in [1.54, 1.807) is 17.2 Å². The molecule has 1 aliphatic heterocycles.